The third kappa shape index (κ3) is 4.33. The third-order valence-corrected chi connectivity index (χ3v) is 4.33. The van der Waals surface area contributed by atoms with Gasteiger partial charge in [-0.3, -0.25) is 4.79 Å². The van der Waals surface area contributed by atoms with Gasteiger partial charge in [0, 0.05) is 18.8 Å². The fraction of sp³-hybridized carbons (Fsp3) is 0.421. The number of rotatable bonds is 6. The molecule has 6 heteroatoms. The van der Waals surface area contributed by atoms with Crippen LogP contribution in [-0.4, -0.2) is 54.5 Å². The highest BCUT2D eigenvalue weighted by molar-refractivity contribution is 5.92. The fourth-order valence-corrected chi connectivity index (χ4v) is 3.04. The number of para-hydroxylation sites is 1. The van der Waals surface area contributed by atoms with Crippen molar-refractivity contribution < 1.29 is 4.79 Å². The van der Waals surface area contributed by atoms with Crippen LogP contribution in [0.4, 0.5) is 11.5 Å². The molecule has 0 saturated heterocycles. The summed E-state index contributed by atoms with van der Waals surface area (Å²) < 4.78 is 0. The summed E-state index contributed by atoms with van der Waals surface area (Å²) in [5.74, 6) is 0.619. The van der Waals surface area contributed by atoms with Crippen LogP contribution in [0.25, 0.3) is 0 Å². The second-order valence-corrected chi connectivity index (χ2v) is 6.56. The second-order valence-electron chi connectivity index (χ2n) is 6.56. The number of nitrogens with one attached hydrogen (secondary N) is 1. The summed E-state index contributed by atoms with van der Waals surface area (Å²) in [7, 11) is 4.04. The molecule has 1 amide bonds. The van der Waals surface area contributed by atoms with E-state index < -0.39 is 0 Å². The number of amides is 1. The number of carbonyl (C=O) groups excluding carboxylic acids is 1. The Labute approximate surface area is 148 Å². The van der Waals surface area contributed by atoms with E-state index in [2.05, 4.69) is 43.3 Å². The molecule has 2 aromatic rings. The van der Waals surface area contributed by atoms with E-state index in [4.69, 9.17) is 0 Å². The van der Waals surface area contributed by atoms with Crippen molar-refractivity contribution in [2.24, 2.45) is 0 Å². The molecule has 1 aliphatic heterocycles. The highest BCUT2D eigenvalue weighted by Crippen LogP contribution is 2.31. The monoisotopic (exact) mass is 339 g/mol. The van der Waals surface area contributed by atoms with Crippen LogP contribution >= 0.6 is 0 Å². The minimum Gasteiger partial charge on any atom is -0.351 e. The Morgan fingerprint density at radius 3 is 2.84 bits per heavy atom. The Hall–Kier alpha value is -2.47. The lowest BCUT2D eigenvalue weighted by atomic mass is 10.0. The number of anilines is 2. The number of hydrogen-bond donors (Lipinski definition) is 1. The van der Waals surface area contributed by atoms with E-state index in [-0.39, 0.29) is 5.91 Å². The SMILES string of the molecule is CN(C)CCCNC(=O)c1cnc(N2CCCc3ccccc32)cn1. The van der Waals surface area contributed by atoms with Gasteiger partial charge < -0.3 is 15.1 Å². The van der Waals surface area contributed by atoms with Gasteiger partial charge in [0.15, 0.2) is 5.82 Å². The molecule has 0 fully saturated rings. The van der Waals surface area contributed by atoms with Gasteiger partial charge in [-0.2, -0.15) is 0 Å². The van der Waals surface area contributed by atoms with Gasteiger partial charge in [-0.05, 0) is 51.5 Å². The number of carbonyl (C=O) groups is 1. The molecule has 2 heterocycles. The lowest BCUT2D eigenvalue weighted by molar-refractivity contribution is 0.0947. The Morgan fingerprint density at radius 2 is 2.08 bits per heavy atom. The minimum atomic E-state index is -0.170. The van der Waals surface area contributed by atoms with Crippen LogP contribution in [0.5, 0.6) is 0 Å². The zero-order valence-electron chi connectivity index (χ0n) is 14.9. The van der Waals surface area contributed by atoms with Gasteiger partial charge in [0.1, 0.15) is 5.69 Å². The predicted molar refractivity (Wildman–Crippen MR) is 99.3 cm³/mol. The van der Waals surface area contributed by atoms with Crippen LogP contribution in [-0.2, 0) is 6.42 Å². The largest absolute Gasteiger partial charge is 0.351 e. The maximum atomic E-state index is 12.1. The number of aromatic nitrogens is 2. The molecular weight excluding hydrogens is 314 g/mol. The predicted octanol–water partition coefficient (Wildman–Crippen LogP) is 2.24. The molecule has 1 N–H and O–H groups in total. The van der Waals surface area contributed by atoms with Gasteiger partial charge in [0.2, 0.25) is 0 Å². The maximum Gasteiger partial charge on any atom is 0.271 e. The lowest BCUT2D eigenvalue weighted by Crippen LogP contribution is -2.28. The Kier molecular flexibility index (Phi) is 5.60. The summed E-state index contributed by atoms with van der Waals surface area (Å²) in [4.78, 5) is 25.2. The van der Waals surface area contributed by atoms with E-state index >= 15 is 0 Å². The number of benzene rings is 1. The van der Waals surface area contributed by atoms with Crippen LogP contribution < -0.4 is 10.2 Å². The van der Waals surface area contributed by atoms with E-state index in [9.17, 15) is 4.79 Å². The maximum absolute atomic E-state index is 12.1. The quantitative estimate of drug-likeness (QED) is 0.818. The van der Waals surface area contributed by atoms with E-state index in [1.807, 2.05) is 20.2 Å². The standard InChI is InChI=1S/C19H25N5O/c1-23(2)11-6-10-20-19(25)16-13-22-18(14-21-16)24-12-5-8-15-7-3-4-9-17(15)24/h3-4,7,9,13-14H,5-6,8,10-12H2,1-2H3,(H,20,25). The van der Waals surface area contributed by atoms with Crippen LogP contribution in [0.2, 0.25) is 0 Å². The molecule has 0 atom stereocenters. The molecule has 0 saturated carbocycles. The third-order valence-electron chi connectivity index (χ3n) is 4.33. The van der Waals surface area contributed by atoms with Crippen molar-refractivity contribution in [2.45, 2.75) is 19.3 Å². The number of nitrogens with zero attached hydrogens (tertiary/aromatic N) is 4. The van der Waals surface area contributed by atoms with Gasteiger partial charge >= 0.3 is 0 Å². The molecule has 1 aromatic heterocycles. The highest BCUT2D eigenvalue weighted by Gasteiger charge is 2.19. The van der Waals surface area contributed by atoms with Crippen molar-refractivity contribution in [1.29, 1.82) is 0 Å². The molecule has 1 aliphatic rings. The average Bonchev–Trinajstić information content (AvgIpc) is 2.64. The molecule has 0 unspecified atom stereocenters. The van der Waals surface area contributed by atoms with Crippen molar-refractivity contribution in [3.63, 3.8) is 0 Å². The first-order chi connectivity index (χ1) is 12.1. The number of fused-ring (bicyclic) bond motifs is 1. The Morgan fingerprint density at radius 1 is 1.24 bits per heavy atom. The zero-order valence-corrected chi connectivity index (χ0v) is 14.9. The summed E-state index contributed by atoms with van der Waals surface area (Å²) in [6, 6.07) is 8.38. The van der Waals surface area contributed by atoms with Crippen molar-refractivity contribution in [2.75, 3.05) is 38.6 Å². The Balaban J connectivity index is 1.64. The molecule has 25 heavy (non-hydrogen) atoms. The molecule has 132 valence electrons. The summed E-state index contributed by atoms with van der Waals surface area (Å²) in [6.45, 7) is 2.50. The summed E-state index contributed by atoms with van der Waals surface area (Å²) in [6.07, 6.45) is 6.35. The van der Waals surface area contributed by atoms with E-state index in [0.29, 0.717) is 12.2 Å². The first kappa shape index (κ1) is 17.4. The normalized spacial score (nSPS) is 13.6. The van der Waals surface area contributed by atoms with Gasteiger partial charge in [0.25, 0.3) is 5.91 Å². The number of aryl methyl sites for hydroxylation is 1. The molecule has 0 bridgehead atoms. The van der Waals surface area contributed by atoms with Crippen LogP contribution in [0, 0.1) is 0 Å². The van der Waals surface area contributed by atoms with E-state index in [0.717, 1.165) is 38.2 Å². The fourth-order valence-electron chi connectivity index (χ4n) is 3.04. The minimum absolute atomic E-state index is 0.170. The average molecular weight is 339 g/mol. The van der Waals surface area contributed by atoms with Crippen molar-refractivity contribution in [3.05, 3.63) is 47.9 Å². The molecule has 6 nitrogen and oxygen atoms in total. The van der Waals surface area contributed by atoms with Gasteiger partial charge in [0.05, 0.1) is 12.4 Å². The first-order valence-corrected chi connectivity index (χ1v) is 8.75. The molecule has 0 spiro atoms. The molecule has 0 radical (unpaired) electrons. The van der Waals surface area contributed by atoms with E-state index in [1.54, 1.807) is 12.4 Å². The van der Waals surface area contributed by atoms with E-state index in [1.165, 1.54) is 11.3 Å². The smallest absolute Gasteiger partial charge is 0.271 e. The number of hydrogen-bond acceptors (Lipinski definition) is 5. The topological polar surface area (TPSA) is 61.4 Å². The van der Waals surface area contributed by atoms with Crippen molar-refractivity contribution in [1.82, 2.24) is 20.2 Å². The highest BCUT2D eigenvalue weighted by atomic mass is 16.1. The molecule has 1 aromatic carbocycles. The van der Waals surface area contributed by atoms with Gasteiger partial charge in [-0.15, -0.1) is 0 Å². The van der Waals surface area contributed by atoms with Crippen molar-refractivity contribution >= 4 is 17.4 Å². The second kappa shape index (κ2) is 8.07. The van der Waals surface area contributed by atoms with Crippen molar-refractivity contribution in [3.8, 4) is 0 Å². The van der Waals surface area contributed by atoms with Gasteiger partial charge in [-0.25, -0.2) is 9.97 Å². The molecule has 3 rings (SSSR count). The van der Waals surface area contributed by atoms with Gasteiger partial charge in [-0.1, -0.05) is 18.2 Å². The summed E-state index contributed by atoms with van der Waals surface area (Å²) >= 11 is 0. The first-order valence-electron chi connectivity index (χ1n) is 8.75. The molecular formula is C19H25N5O. The molecule has 0 aliphatic carbocycles. The Bertz CT molecular complexity index is 714. The summed E-state index contributed by atoms with van der Waals surface area (Å²) in [5.41, 5.74) is 2.88. The van der Waals surface area contributed by atoms with Crippen LogP contribution in [0.15, 0.2) is 36.7 Å². The summed E-state index contributed by atoms with van der Waals surface area (Å²) in [5, 5.41) is 2.89. The van der Waals surface area contributed by atoms with Crippen LogP contribution in [0.3, 0.4) is 0 Å². The lowest BCUT2D eigenvalue weighted by Gasteiger charge is -2.30. The van der Waals surface area contributed by atoms with Crippen LogP contribution in [0.1, 0.15) is 28.9 Å². The zero-order chi connectivity index (χ0) is 17.6.